The number of nitrogens with zero attached hydrogens (tertiary/aromatic N) is 1. The van der Waals surface area contributed by atoms with Crippen molar-refractivity contribution < 1.29 is 14.3 Å². The zero-order chi connectivity index (χ0) is 21.0. The number of nitrogens with one attached hydrogen (secondary N) is 3. The lowest BCUT2D eigenvalue weighted by atomic mass is 10.1. The Morgan fingerprint density at radius 1 is 0.931 bits per heavy atom. The lowest BCUT2D eigenvalue weighted by molar-refractivity contribution is 0.102. The van der Waals surface area contributed by atoms with Crippen LogP contribution in [0.3, 0.4) is 0 Å². The molecule has 3 amide bonds. The molecule has 0 aliphatic heterocycles. The SMILES string of the molecule is COc1ccccc1NC(=O)Nc1nc(C)c(C(=O)Nc2cccc(C)c2C)s1. The van der Waals surface area contributed by atoms with Gasteiger partial charge in [0, 0.05) is 5.69 Å². The van der Waals surface area contributed by atoms with Crippen molar-refractivity contribution in [1.82, 2.24) is 4.98 Å². The number of hydrogen-bond donors (Lipinski definition) is 3. The quantitative estimate of drug-likeness (QED) is 0.553. The van der Waals surface area contributed by atoms with Gasteiger partial charge in [0.15, 0.2) is 5.13 Å². The van der Waals surface area contributed by atoms with Gasteiger partial charge in [-0.2, -0.15) is 0 Å². The molecular weight excluding hydrogens is 388 g/mol. The van der Waals surface area contributed by atoms with E-state index in [-0.39, 0.29) is 5.91 Å². The van der Waals surface area contributed by atoms with E-state index in [9.17, 15) is 9.59 Å². The zero-order valence-corrected chi connectivity index (χ0v) is 17.4. The fraction of sp³-hybridized carbons (Fsp3) is 0.190. The summed E-state index contributed by atoms with van der Waals surface area (Å²) in [5, 5.41) is 8.63. The van der Waals surface area contributed by atoms with E-state index >= 15 is 0 Å². The van der Waals surface area contributed by atoms with E-state index in [0.717, 1.165) is 28.2 Å². The molecule has 1 aromatic heterocycles. The van der Waals surface area contributed by atoms with Crippen LogP contribution in [0.5, 0.6) is 5.75 Å². The molecule has 3 aromatic rings. The van der Waals surface area contributed by atoms with Crippen LogP contribution in [-0.4, -0.2) is 24.0 Å². The molecule has 0 unspecified atom stereocenters. The molecule has 8 heteroatoms. The highest BCUT2D eigenvalue weighted by Gasteiger charge is 2.18. The van der Waals surface area contributed by atoms with E-state index in [0.29, 0.717) is 27.1 Å². The van der Waals surface area contributed by atoms with Crippen molar-refractivity contribution in [2.75, 3.05) is 23.1 Å². The summed E-state index contributed by atoms with van der Waals surface area (Å²) in [6.07, 6.45) is 0. The highest BCUT2D eigenvalue weighted by Crippen LogP contribution is 2.27. The van der Waals surface area contributed by atoms with Crippen molar-refractivity contribution >= 4 is 39.8 Å². The van der Waals surface area contributed by atoms with E-state index in [2.05, 4.69) is 20.9 Å². The van der Waals surface area contributed by atoms with Crippen LogP contribution in [0.1, 0.15) is 26.5 Å². The van der Waals surface area contributed by atoms with Gasteiger partial charge in [0.25, 0.3) is 5.91 Å². The predicted octanol–water partition coefficient (Wildman–Crippen LogP) is 4.97. The molecule has 0 bridgehead atoms. The van der Waals surface area contributed by atoms with Crippen molar-refractivity contribution in [2.45, 2.75) is 20.8 Å². The fourth-order valence-electron chi connectivity index (χ4n) is 2.72. The number of benzene rings is 2. The second-order valence-corrected chi connectivity index (χ2v) is 7.41. The zero-order valence-electron chi connectivity index (χ0n) is 16.6. The van der Waals surface area contributed by atoms with Crippen molar-refractivity contribution in [1.29, 1.82) is 0 Å². The van der Waals surface area contributed by atoms with Gasteiger partial charge < -0.3 is 15.4 Å². The van der Waals surface area contributed by atoms with Gasteiger partial charge in [-0.25, -0.2) is 9.78 Å². The Morgan fingerprint density at radius 3 is 2.41 bits per heavy atom. The molecule has 0 fully saturated rings. The molecule has 2 aromatic carbocycles. The number of hydrogen-bond acceptors (Lipinski definition) is 5. The van der Waals surface area contributed by atoms with E-state index < -0.39 is 6.03 Å². The Labute approximate surface area is 173 Å². The van der Waals surface area contributed by atoms with Crippen LogP contribution in [-0.2, 0) is 0 Å². The highest BCUT2D eigenvalue weighted by atomic mass is 32.1. The molecule has 0 saturated carbocycles. The average molecular weight is 410 g/mol. The third-order valence-corrected chi connectivity index (χ3v) is 5.50. The van der Waals surface area contributed by atoms with E-state index in [1.54, 1.807) is 25.1 Å². The third-order valence-electron chi connectivity index (χ3n) is 4.43. The monoisotopic (exact) mass is 410 g/mol. The Balaban J connectivity index is 1.70. The van der Waals surface area contributed by atoms with Gasteiger partial charge in [0.1, 0.15) is 10.6 Å². The van der Waals surface area contributed by atoms with E-state index in [1.165, 1.54) is 7.11 Å². The fourth-order valence-corrected chi connectivity index (χ4v) is 3.58. The number of anilines is 3. The maximum Gasteiger partial charge on any atom is 0.325 e. The summed E-state index contributed by atoms with van der Waals surface area (Å²) in [4.78, 5) is 29.7. The molecule has 7 nitrogen and oxygen atoms in total. The molecule has 3 N–H and O–H groups in total. The van der Waals surface area contributed by atoms with Gasteiger partial charge in [-0.1, -0.05) is 35.6 Å². The number of amides is 3. The maximum absolute atomic E-state index is 12.7. The number of para-hydroxylation sites is 2. The summed E-state index contributed by atoms with van der Waals surface area (Å²) in [5.41, 5.74) is 3.95. The van der Waals surface area contributed by atoms with Crippen molar-refractivity contribution in [3.8, 4) is 5.75 Å². The lowest BCUT2D eigenvalue weighted by Gasteiger charge is -2.10. The number of aryl methyl sites for hydroxylation is 2. The van der Waals surface area contributed by atoms with Crippen molar-refractivity contribution in [2.24, 2.45) is 0 Å². The van der Waals surface area contributed by atoms with Crippen LogP contribution in [0.4, 0.5) is 21.3 Å². The van der Waals surface area contributed by atoms with Crippen LogP contribution in [0, 0.1) is 20.8 Å². The molecule has 0 aliphatic carbocycles. The topological polar surface area (TPSA) is 92.3 Å². The molecule has 0 atom stereocenters. The average Bonchev–Trinajstić information content (AvgIpc) is 3.05. The Morgan fingerprint density at radius 2 is 1.66 bits per heavy atom. The number of methoxy groups -OCH3 is 1. The van der Waals surface area contributed by atoms with E-state index in [4.69, 9.17) is 4.74 Å². The van der Waals surface area contributed by atoms with Crippen molar-refractivity contribution in [3.63, 3.8) is 0 Å². The first-order chi connectivity index (χ1) is 13.9. The molecule has 150 valence electrons. The van der Waals surface area contributed by atoms with Crippen LogP contribution >= 0.6 is 11.3 Å². The first kappa shape index (κ1) is 20.3. The minimum Gasteiger partial charge on any atom is -0.495 e. The Hall–Kier alpha value is -3.39. The predicted molar refractivity (Wildman–Crippen MR) is 116 cm³/mol. The first-order valence-electron chi connectivity index (χ1n) is 8.95. The summed E-state index contributed by atoms with van der Waals surface area (Å²) in [7, 11) is 1.53. The van der Waals surface area contributed by atoms with E-state index in [1.807, 2.05) is 38.1 Å². The summed E-state index contributed by atoms with van der Waals surface area (Å²) in [6, 6.07) is 12.4. The van der Waals surface area contributed by atoms with Crippen LogP contribution < -0.4 is 20.7 Å². The summed E-state index contributed by atoms with van der Waals surface area (Å²) < 4.78 is 5.22. The van der Waals surface area contributed by atoms with Crippen LogP contribution in [0.15, 0.2) is 42.5 Å². The van der Waals surface area contributed by atoms with Gasteiger partial charge in [-0.05, 0) is 50.1 Å². The van der Waals surface area contributed by atoms with Gasteiger partial charge >= 0.3 is 6.03 Å². The molecule has 0 spiro atoms. The molecule has 0 aliphatic rings. The summed E-state index contributed by atoms with van der Waals surface area (Å²) >= 11 is 1.12. The second-order valence-electron chi connectivity index (χ2n) is 6.41. The molecule has 0 saturated heterocycles. The molecule has 3 rings (SSSR count). The van der Waals surface area contributed by atoms with Gasteiger partial charge in [0.05, 0.1) is 18.5 Å². The summed E-state index contributed by atoms with van der Waals surface area (Å²) in [5.74, 6) is 0.290. The second kappa shape index (κ2) is 8.74. The third kappa shape index (κ3) is 4.72. The number of carbonyl (C=O) groups is 2. The smallest absolute Gasteiger partial charge is 0.325 e. The largest absolute Gasteiger partial charge is 0.495 e. The van der Waals surface area contributed by atoms with Crippen LogP contribution in [0.2, 0.25) is 0 Å². The molecular formula is C21H22N4O3S. The minimum atomic E-state index is -0.468. The van der Waals surface area contributed by atoms with Gasteiger partial charge in [-0.15, -0.1) is 0 Å². The number of thiazole rings is 1. The van der Waals surface area contributed by atoms with Gasteiger partial charge in [0.2, 0.25) is 0 Å². The van der Waals surface area contributed by atoms with Gasteiger partial charge in [-0.3, -0.25) is 10.1 Å². The standard InChI is InChI=1S/C21H22N4O3S/c1-12-8-7-10-15(13(12)2)23-19(26)18-14(3)22-21(29-18)25-20(27)24-16-9-5-6-11-17(16)28-4/h5-11H,1-4H3,(H,23,26)(H2,22,24,25,27). The van der Waals surface area contributed by atoms with Crippen LogP contribution in [0.25, 0.3) is 0 Å². The molecule has 1 heterocycles. The normalized spacial score (nSPS) is 10.3. The number of aromatic nitrogens is 1. The highest BCUT2D eigenvalue weighted by molar-refractivity contribution is 7.17. The number of ether oxygens (including phenoxy) is 1. The number of urea groups is 1. The Bertz CT molecular complexity index is 1060. The van der Waals surface area contributed by atoms with Crippen molar-refractivity contribution in [3.05, 3.63) is 64.2 Å². The molecule has 29 heavy (non-hydrogen) atoms. The Kier molecular flexibility index (Phi) is 6.13. The maximum atomic E-state index is 12.7. The lowest BCUT2D eigenvalue weighted by Crippen LogP contribution is -2.19. The minimum absolute atomic E-state index is 0.258. The molecule has 0 radical (unpaired) electrons. The number of carbonyl (C=O) groups excluding carboxylic acids is 2. The number of rotatable bonds is 5. The summed E-state index contributed by atoms with van der Waals surface area (Å²) in [6.45, 7) is 5.68. The first-order valence-corrected chi connectivity index (χ1v) is 9.76.